The van der Waals surface area contributed by atoms with Gasteiger partial charge in [-0.3, -0.25) is 14.9 Å². The van der Waals surface area contributed by atoms with Gasteiger partial charge in [-0.15, -0.1) is 11.6 Å². The van der Waals surface area contributed by atoms with Crippen LogP contribution in [0.5, 0.6) is 0 Å². The van der Waals surface area contributed by atoms with Crippen LogP contribution in [0.4, 0.5) is 5.69 Å². The molecule has 1 amide bonds. The summed E-state index contributed by atoms with van der Waals surface area (Å²) in [4.78, 5) is 24.0. The molecule has 0 saturated heterocycles. The zero-order chi connectivity index (χ0) is 13.7. The van der Waals surface area contributed by atoms with Gasteiger partial charge >= 0.3 is 0 Å². The smallest absolute Gasteiger partial charge is 0.282 e. The molecular formula is C12H15ClN2O3. The van der Waals surface area contributed by atoms with Gasteiger partial charge in [-0.25, -0.2) is 0 Å². The van der Waals surface area contributed by atoms with Gasteiger partial charge in [0.25, 0.3) is 11.6 Å². The van der Waals surface area contributed by atoms with E-state index in [1.165, 1.54) is 11.0 Å². The number of rotatable bonds is 5. The molecular weight excluding hydrogens is 256 g/mol. The molecule has 1 aromatic rings. The van der Waals surface area contributed by atoms with E-state index < -0.39 is 4.92 Å². The molecule has 5 nitrogen and oxygen atoms in total. The van der Waals surface area contributed by atoms with E-state index in [4.69, 9.17) is 11.6 Å². The molecule has 0 aromatic heterocycles. The van der Waals surface area contributed by atoms with Gasteiger partial charge < -0.3 is 4.90 Å². The Bertz CT molecular complexity index is 463. The Morgan fingerprint density at radius 1 is 1.50 bits per heavy atom. The summed E-state index contributed by atoms with van der Waals surface area (Å²) in [6, 6.07) is 4.61. The largest absolute Gasteiger partial charge is 0.341 e. The fraction of sp³-hybridized carbons (Fsp3) is 0.417. The molecule has 0 radical (unpaired) electrons. The Kier molecular flexibility index (Phi) is 5.09. The van der Waals surface area contributed by atoms with E-state index in [2.05, 4.69) is 0 Å². The highest BCUT2D eigenvalue weighted by Gasteiger charge is 2.24. The summed E-state index contributed by atoms with van der Waals surface area (Å²) in [6.07, 6.45) is 0.656. The third-order valence-electron chi connectivity index (χ3n) is 2.64. The second-order valence-corrected chi connectivity index (χ2v) is 4.37. The number of hydrogen-bond donors (Lipinski definition) is 0. The number of nitrogens with zero attached hydrogens (tertiary/aromatic N) is 2. The number of hydrogen-bond acceptors (Lipinski definition) is 3. The van der Waals surface area contributed by atoms with Crippen molar-refractivity contribution in [2.75, 3.05) is 19.5 Å². The lowest BCUT2D eigenvalue weighted by Crippen LogP contribution is -2.29. The summed E-state index contributed by atoms with van der Waals surface area (Å²) >= 11 is 5.56. The lowest BCUT2D eigenvalue weighted by atomic mass is 10.1. The van der Waals surface area contributed by atoms with Gasteiger partial charge in [-0.1, -0.05) is 12.1 Å². The molecule has 0 atom stereocenters. The Labute approximate surface area is 110 Å². The number of amides is 1. The Hall–Kier alpha value is -1.62. The maximum Gasteiger partial charge on any atom is 0.282 e. The first-order valence-corrected chi connectivity index (χ1v) is 6.08. The third kappa shape index (κ3) is 3.20. The summed E-state index contributed by atoms with van der Waals surface area (Å²) in [5.74, 6) is 0.109. The number of carbonyl (C=O) groups excluding carboxylic acids is 1. The molecule has 1 rings (SSSR count). The van der Waals surface area contributed by atoms with E-state index in [-0.39, 0.29) is 17.2 Å². The number of nitro benzene ring substituents is 1. The summed E-state index contributed by atoms with van der Waals surface area (Å²) in [7, 11) is 1.62. The molecule has 0 bridgehead atoms. The number of carbonyl (C=O) groups is 1. The van der Waals surface area contributed by atoms with Gasteiger partial charge in [0.2, 0.25) is 0 Å². The van der Waals surface area contributed by atoms with Crippen molar-refractivity contribution >= 4 is 23.2 Å². The topological polar surface area (TPSA) is 63.5 Å². The van der Waals surface area contributed by atoms with Crippen LogP contribution in [0.3, 0.4) is 0 Å². The Morgan fingerprint density at radius 2 is 2.17 bits per heavy atom. The lowest BCUT2D eigenvalue weighted by Gasteiger charge is -2.17. The van der Waals surface area contributed by atoms with Gasteiger partial charge in [-0.05, 0) is 18.9 Å². The van der Waals surface area contributed by atoms with Gasteiger partial charge in [0, 0.05) is 25.5 Å². The number of nitro groups is 1. The van der Waals surface area contributed by atoms with Crippen molar-refractivity contribution in [3.05, 3.63) is 39.4 Å². The first kappa shape index (κ1) is 14.4. The first-order chi connectivity index (χ1) is 8.49. The van der Waals surface area contributed by atoms with Crippen LogP contribution in [0.15, 0.2) is 18.2 Å². The molecule has 0 aliphatic rings. The van der Waals surface area contributed by atoms with E-state index in [0.29, 0.717) is 24.4 Å². The van der Waals surface area contributed by atoms with E-state index in [0.717, 1.165) is 0 Å². The first-order valence-electron chi connectivity index (χ1n) is 5.54. The quantitative estimate of drug-likeness (QED) is 0.469. The Morgan fingerprint density at radius 3 is 2.72 bits per heavy atom. The number of aryl methyl sites for hydroxylation is 1. The fourth-order valence-corrected chi connectivity index (χ4v) is 1.79. The second-order valence-electron chi connectivity index (χ2n) is 4.00. The minimum atomic E-state index is -0.532. The predicted molar refractivity (Wildman–Crippen MR) is 70.1 cm³/mol. The molecule has 6 heteroatoms. The highest BCUT2D eigenvalue weighted by atomic mass is 35.5. The van der Waals surface area contributed by atoms with Crippen LogP contribution in [0.2, 0.25) is 0 Å². The van der Waals surface area contributed by atoms with Gasteiger partial charge in [0.15, 0.2) is 0 Å². The molecule has 0 aliphatic carbocycles. The van der Waals surface area contributed by atoms with Crippen LogP contribution in [-0.2, 0) is 0 Å². The molecule has 0 aliphatic heterocycles. The average Bonchev–Trinajstić information content (AvgIpc) is 2.34. The summed E-state index contributed by atoms with van der Waals surface area (Å²) < 4.78 is 0. The van der Waals surface area contributed by atoms with E-state index in [9.17, 15) is 14.9 Å². The lowest BCUT2D eigenvalue weighted by molar-refractivity contribution is -0.385. The molecule has 0 saturated carbocycles. The van der Waals surface area contributed by atoms with Crippen molar-refractivity contribution in [2.45, 2.75) is 13.3 Å². The van der Waals surface area contributed by atoms with Gasteiger partial charge in [0.05, 0.1) is 4.92 Å². The molecule has 0 heterocycles. The number of alkyl halides is 1. The van der Waals surface area contributed by atoms with Crippen LogP contribution in [0.1, 0.15) is 22.3 Å². The molecule has 0 fully saturated rings. The Balaban J connectivity index is 3.08. The van der Waals surface area contributed by atoms with E-state index >= 15 is 0 Å². The van der Waals surface area contributed by atoms with Crippen molar-refractivity contribution in [1.29, 1.82) is 0 Å². The zero-order valence-electron chi connectivity index (χ0n) is 10.4. The standard InChI is InChI=1S/C12H15ClN2O3/c1-9-5-3-6-10(15(17)18)11(9)12(16)14(2)8-4-7-13/h3,5-6H,4,7-8H2,1-2H3. The summed E-state index contributed by atoms with van der Waals surface area (Å²) in [6.45, 7) is 2.17. The normalized spacial score (nSPS) is 10.2. The SMILES string of the molecule is Cc1cccc([N+](=O)[O-])c1C(=O)N(C)CCCCl. The van der Waals surface area contributed by atoms with Crippen LogP contribution in [0.25, 0.3) is 0 Å². The third-order valence-corrected chi connectivity index (χ3v) is 2.90. The molecule has 18 heavy (non-hydrogen) atoms. The van der Waals surface area contributed by atoms with Crippen molar-refractivity contribution in [2.24, 2.45) is 0 Å². The number of halogens is 1. The van der Waals surface area contributed by atoms with Crippen LogP contribution in [-0.4, -0.2) is 35.2 Å². The predicted octanol–water partition coefficient (Wildman–Crippen LogP) is 2.60. The van der Waals surface area contributed by atoms with Crippen molar-refractivity contribution < 1.29 is 9.72 Å². The van der Waals surface area contributed by atoms with Crippen molar-refractivity contribution in [1.82, 2.24) is 4.90 Å². The van der Waals surface area contributed by atoms with E-state index in [1.807, 2.05) is 0 Å². The maximum atomic E-state index is 12.2. The highest BCUT2D eigenvalue weighted by Crippen LogP contribution is 2.23. The number of benzene rings is 1. The van der Waals surface area contributed by atoms with Crippen LogP contribution in [0, 0.1) is 17.0 Å². The highest BCUT2D eigenvalue weighted by molar-refractivity contribution is 6.17. The van der Waals surface area contributed by atoms with E-state index in [1.54, 1.807) is 26.1 Å². The van der Waals surface area contributed by atoms with Crippen LogP contribution >= 0.6 is 11.6 Å². The summed E-state index contributed by atoms with van der Waals surface area (Å²) in [5, 5.41) is 10.9. The van der Waals surface area contributed by atoms with Crippen molar-refractivity contribution in [3.8, 4) is 0 Å². The van der Waals surface area contributed by atoms with Gasteiger partial charge in [0.1, 0.15) is 5.56 Å². The van der Waals surface area contributed by atoms with Gasteiger partial charge in [-0.2, -0.15) is 0 Å². The molecule has 1 aromatic carbocycles. The van der Waals surface area contributed by atoms with Crippen LogP contribution < -0.4 is 0 Å². The minimum absolute atomic E-state index is 0.152. The second kappa shape index (κ2) is 6.35. The monoisotopic (exact) mass is 270 g/mol. The summed E-state index contributed by atoms with van der Waals surface area (Å²) in [5.41, 5.74) is 0.601. The maximum absolute atomic E-state index is 12.2. The molecule has 98 valence electrons. The fourth-order valence-electron chi connectivity index (χ4n) is 1.67. The molecule has 0 spiro atoms. The minimum Gasteiger partial charge on any atom is -0.341 e. The zero-order valence-corrected chi connectivity index (χ0v) is 11.1. The average molecular weight is 271 g/mol. The molecule has 0 N–H and O–H groups in total. The van der Waals surface area contributed by atoms with Crippen molar-refractivity contribution in [3.63, 3.8) is 0 Å². The molecule has 0 unspecified atom stereocenters.